The van der Waals surface area contributed by atoms with Gasteiger partial charge in [0.25, 0.3) is 11.8 Å². The van der Waals surface area contributed by atoms with Crippen LogP contribution in [0.25, 0.3) is 0 Å². The molecule has 4 aromatic rings. The van der Waals surface area contributed by atoms with Crippen molar-refractivity contribution in [3.8, 4) is 11.5 Å². The number of carbonyl (C=O) groups is 2. The fourth-order valence-electron chi connectivity index (χ4n) is 13.9. The van der Waals surface area contributed by atoms with Crippen molar-refractivity contribution in [1.82, 2.24) is 9.44 Å². The molecule has 4 N–H and O–H groups in total. The summed E-state index contributed by atoms with van der Waals surface area (Å²) in [6.45, 7) is 10.2. The number of carbonyl (C=O) groups excluding carboxylic acids is 2. The Morgan fingerprint density at radius 1 is 0.580 bits per heavy atom. The second-order valence-corrected chi connectivity index (χ2v) is 31.1. The highest BCUT2D eigenvalue weighted by Gasteiger charge is 2.47. The molecule has 0 saturated heterocycles. The average molecular weight is 1180 g/mol. The van der Waals surface area contributed by atoms with Crippen LogP contribution in [0.15, 0.2) is 97.1 Å². The predicted octanol–water partition coefficient (Wildman–Crippen LogP) is 10.4. The molecule has 0 unspecified atom stereocenters. The second kappa shape index (κ2) is 22.1. The number of rotatable bonds is 0. The molecule has 4 aromatic carbocycles. The van der Waals surface area contributed by atoms with Gasteiger partial charge in [-0.1, -0.05) is 59.6 Å². The molecular weight excluding hydrogens is 1110 g/mol. The maximum atomic E-state index is 13.3. The maximum absolute atomic E-state index is 13.3. The zero-order chi connectivity index (χ0) is 57.3. The van der Waals surface area contributed by atoms with E-state index in [-0.39, 0.29) is 52.0 Å². The van der Waals surface area contributed by atoms with Gasteiger partial charge >= 0.3 is 0 Å². The van der Waals surface area contributed by atoms with Gasteiger partial charge in [-0.25, -0.2) is 26.3 Å². The van der Waals surface area contributed by atoms with E-state index in [0.29, 0.717) is 63.7 Å². The van der Waals surface area contributed by atoms with Crippen LogP contribution < -0.4 is 28.7 Å². The highest BCUT2D eigenvalue weighted by atomic mass is 35.5. The van der Waals surface area contributed by atoms with E-state index in [4.69, 9.17) is 32.7 Å². The molecule has 12 rings (SSSR count). The lowest BCUT2D eigenvalue weighted by atomic mass is 9.68. The summed E-state index contributed by atoms with van der Waals surface area (Å²) in [4.78, 5) is 31.2. The molecule has 14 nitrogen and oxygen atoms in total. The molecule has 2 amide bonds. The standard InChI is InChI=1S/C32H39ClN2O5S.C31H37ClN2O5S/c1-31(2)14-4-3-7-28(36)25-11-8-23(25)18-35-19-32(15-5-6-21-16-24(33)10-12-26(21)32)20-40-29-13-9-22(17-27(29)35)30(37)34-41(31,38)39;1-30(2)13-4-6-27(35)24-10-7-22(24)17-34-18-31(14-3-5-20-15-23(32)9-11-25(20)31)19-39-28-12-8-21(16-26(28)34)29(36)33-40(30,37)38/h3,7,9-10,12-13,16-17,23,25,28,36H,4-6,8,11,14-15,18-20H2,1-2H3,(H,34,37);4,6,8-9,11-12,15-16,22,24,27,35H,3,5,7,10,13-14,17-19H2,1-2H3,(H,33,36)/b7-3+;6-4-/t23-,25+,28-,32-;22-,24+,27-,31-/m00/s1. The molecule has 18 heteroatoms. The topological polar surface area (TPSA) is 192 Å². The van der Waals surface area contributed by atoms with Crippen LogP contribution in [0, 0.1) is 23.7 Å². The van der Waals surface area contributed by atoms with Crippen LogP contribution in [-0.2, 0) is 43.7 Å². The summed E-state index contributed by atoms with van der Waals surface area (Å²) in [5.41, 5.74) is 6.62. The summed E-state index contributed by atoms with van der Waals surface area (Å²) in [6.07, 6.45) is 16.8. The number of anilines is 2. The van der Waals surface area contributed by atoms with Crippen LogP contribution in [0.5, 0.6) is 11.5 Å². The number of benzene rings is 4. The molecule has 2 spiro atoms. The maximum Gasteiger partial charge on any atom is 0.264 e. The molecule has 2 fully saturated rings. The number of nitrogens with zero attached hydrogens (tertiary/aromatic N) is 2. The number of aryl methyl sites for hydroxylation is 2. The van der Waals surface area contributed by atoms with Gasteiger partial charge in [-0.05, 0) is 218 Å². The van der Waals surface area contributed by atoms with Gasteiger partial charge in [0.1, 0.15) is 11.5 Å². The minimum Gasteiger partial charge on any atom is -0.490 e. The van der Waals surface area contributed by atoms with E-state index in [1.165, 1.54) is 22.3 Å². The van der Waals surface area contributed by atoms with E-state index in [1.54, 1.807) is 76.2 Å². The Morgan fingerprint density at radius 2 is 1.04 bits per heavy atom. The number of hydrogen-bond acceptors (Lipinski definition) is 12. The first-order valence-corrected chi connectivity index (χ1v) is 32.6. The second-order valence-electron chi connectivity index (χ2n) is 25.5. The monoisotopic (exact) mass is 1180 g/mol. The Morgan fingerprint density at radius 3 is 1.49 bits per heavy atom. The van der Waals surface area contributed by atoms with Crippen molar-refractivity contribution in [3.05, 3.63) is 141 Å². The van der Waals surface area contributed by atoms with Gasteiger partial charge in [0.2, 0.25) is 20.0 Å². The predicted molar refractivity (Wildman–Crippen MR) is 318 cm³/mol. The summed E-state index contributed by atoms with van der Waals surface area (Å²) in [6, 6.07) is 22.7. The first kappa shape index (κ1) is 57.7. The smallest absolute Gasteiger partial charge is 0.264 e. The van der Waals surface area contributed by atoms with Gasteiger partial charge in [-0.2, -0.15) is 0 Å². The lowest BCUT2D eigenvalue weighted by Crippen LogP contribution is -2.49. The zero-order valence-corrected chi connectivity index (χ0v) is 49.9. The zero-order valence-electron chi connectivity index (χ0n) is 46.8. The number of fused-ring (bicyclic) bond motifs is 8. The quantitative estimate of drug-likeness (QED) is 0.122. The lowest BCUT2D eigenvalue weighted by molar-refractivity contribution is 0.0454. The Hall–Kier alpha value is -5.10. The van der Waals surface area contributed by atoms with Crippen LogP contribution in [0.2, 0.25) is 10.0 Å². The Balaban J connectivity index is 0.000000170. The van der Waals surface area contributed by atoms with Crippen LogP contribution in [0.4, 0.5) is 11.4 Å². The van der Waals surface area contributed by atoms with E-state index in [2.05, 4.69) is 43.5 Å². The largest absolute Gasteiger partial charge is 0.490 e. The van der Waals surface area contributed by atoms with Crippen LogP contribution in [0.3, 0.4) is 0 Å². The summed E-state index contributed by atoms with van der Waals surface area (Å²) >= 11 is 12.7. The van der Waals surface area contributed by atoms with Gasteiger partial charge in [-0.15, -0.1) is 0 Å². The molecule has 4 heterocycles. The number of aliphatic hydroxyl groups is 2. The summed E-state index contributed by atoms with van der Waals surface area (Å²) in [5, 5.41) is 23.6. The molecule has 0 aromatic heterocycles. The third-order valence-corrected chi connectivity index (χ3v) is 24.1. The van der Waals surface area contributed by atoms with E-state index >= 15 is 0 Å². The number of halogens is 2. The van der Waals surface area contributed by atoms with Gasteiger partial charge < -0.3 is 29.5 Å². The molecule has 434 valence electrons. The van der Waals surface area contributed by atoms with Crippen molar-refractivity contribution in [1.29, 1.82) is 0 Å². The number of nitrogens with one attached hydrogen (secondary N) is 2. The van der Waals surface area contributed by atoms with E-state index < -0.39 is 53.6 Å². The minimum atomic E-state index is -4.00. The number of amides is 2. The summed E-state index contributed by atoms with van der Waals surface area (Å²) in [5.74, 6) is 0.820. The molecular formula is C63H76Cl2N4O10S2. The first-order valence-electron chi connectivity index (χ1n) is 28.9. The average Bonchev–Trinajstić information content (AvgIpc) is 3.48. The summed E-state index contributed by atoms with van der Waals surface area (Å²) < 4.78 is 68.1. The van der Waals surface area contributed by atoms with Crippen molar-refractivity contribution < 1.29 is 46.1 Å². The number of hydrogen-bond donors (Lipinski definition) is 4. The third-order valence-electron chi connectivity index (χ3n) is 19.4. The van der Waals surface area contributed by atoms with E-state index in [0.717, 1.165) is 85.6 Å². The van der Waals surface area contributed by atoms with Gasteiger partial charge in [0.05, 0.1) is 46.3 Å². The van der Waals surface area contributed by atoms with Crippen molar-refractivity contribution >= 4 is 66.4 Å². The normalized spacial score (nSPS) is 31.6. The third kappa shape index (κ3) is 11.3. The van der Waals surface area contributed by atoms with Gasteiger partial charge in [-0.3, -0.25) is 9.59 Å². The number of allylic oxidation sites excluding steroid dienone is 2. The van der Waals surface area contributed by atoms with Crippen molar-refractivity contribution in [3.63, 3.8) is 0 Å². The number of ether oxygens (including phenoxy) is 2. The SMILES string of the molecule is CC1(C)C/C=C\[C@H](O)[C@@H]2CC[C@H]2CN2C[C@@]3(CCCc4cc(Cl)ccc43)COc3ccc(cc32)C(=O)NS1(=O)=O.CC1(C)CC/C=C/[C@H](O)[C@@H]2CC[C@H]2CN2C[C@@]3(CCCc4cc(Cl)ccc43)COc3ccc(cc32)C(=O)NS1(=O)=O. The summed E-state index contributed by atoms with van der Waals surface area (Å²) in [7, 11) is -7.96. The molecule has 0 radical (unpaired) electrons. The molecule has 4 bridgehead atoms. The molecule has 81 heavy (non-hydrogen) atoms. The fraction of sp³-hybridized carbons (Fsp3) is 0.524. The van der Waals surface area contributed by atoms with Crippen LogP contribution in [0.1, 0.15) is 141 Å². The fourth-order valence-corrected chi connectivity index (χ4v) is 16.3. The first-order chi connectivity index (χ1) is 38.5. The molecule has 8 aliphatic rings. The Labute approximate surface area is 487 Å². The van der Waals surface area contributed by atoms with Gasteiger partial charge in [0.15, 0.2) is 0 Å². The van der Waals surface area contributed by atoms with Gasteiger partial charge in [0, 0.05) is 58.2 Å². The van der Waals surface area contributed by atoms with E-state index in [1.807, 2.05) is 24.3 Å². The molecule has 8 atom stereocenters. The Bertz CT molecular complexity index is 3400. The minimum absolute atomic E-state index is 0.0880. The van der Waals surface area contributed by atoms with E-state index in [9.17, 15) is 36.6 Å². The Kier molecular flexibility index (Phi) is 15.8. The highest BCUT2D eigenvalue weighted by molar-refractivity contribution is 7.91. The van der Waals surface area contributed by atoms with Crippen molar-refractivity contribution in [2.24, 2.45) is 23.7 Å². The number of aliphatic hydroxyl groups excluding tert-OH is 2. The van der Waals surface area contributed by atoms with Crippen LogP contribution in [-0.4, -0.2) is 100.0 Å². The molecule has 4 aliphatic heterocycles. The number of sulfonamides is 2. The lowest BCUT2D eigenvalue weighted by Gasteiger charge is -2.45. The molecule has 4 aliphatic carbocycles. The van der Waals surface area contributed by atoms with Crippen LogP contribution >= 0.6 is 23.2 Å². The van der Waals surface area contributed by atoms with Crippen molar-refractivity contribution in [2.45, 2.75) is 144 Å². The molecule has 2 saturated carbocycles. The van der Waals surface area contributed by atoms with Crippen molar-refractivity contribution in [2.75, 3.05) is 49.2 Å². The highest BCUT2D eigenvalue weighted by Crippen LogP contribution is 2.49.